The molecular formula is C26H26F3N5O6. The molecule has 1 aromatic carbocycles. The first-order chi connectivity index (χ1) is 19.0. The highest BCUT2D eigenvalue weighted by Crippen LogP contribution is 2.36. The molecular weight excluding hydrogens is 535 g/mol. The van der Waals surface area contributed by atoms with Crippen LogP contribution in [-0.4, -0.2) is 64.9 Å². The third-order valence-corrected chi connectivity index (χ3v) is 6.27. The second-order valence-corrected chi connectivity index (χ2v) is 9.10. The number of nitrogens with two attached hydrogens (primary N) is 1. The van der Waals surface area contributed by atoms with Crippen LogP contribution in [0.15, 0.2) is 30.5 Å². The predicted octanol–water partition coefficient (Wildman–Crippen LogP) is 3.26. The number of hydrogen-bond donors (Lipinski definition) is 4. The smallest absolute Gasteiger partial charge is 0.490 e. The number of carbonyl (C=O) groups excluding carboxylic acids is 2. The van der Waals surface area contributed by atoms with Gasteiger partial charge in [-0.15, -0.1) is 0 Å². The van der Waals surface area contributed by atoms with Gasteiger partial charge in [0.2, 0.25) is 0 Å². The Kier molecular flexibility index (Phi) is 8.38. The molecule has 5 rings (SSSR count). The van der Waals surface area contributed by atoms with Crippen molar-refractivity contribution in [3.8, 4) is 5.75 Å². The highest BCUT2D eigenvalue weighted by atomic mass is 19.4. The van der Waals surface area contributed by atoms with Crippen molar-refractivity contribution in [3.63, 3.8) is 0 Å². The summed E-state index contributed by atoms with van der Waals surface area (Å²) >= 11 is 0. The summed E-state index contributed by atoms with van der Waals surface area (Å²) in [5, 5.41) is 14.1. The molecule has 0 bridgehead atoms. The number of amides is 2. The molecule has 3 aromatic rings. The van der Waals surface area contributed by atoms with Gasteiger partial charge >= 0.3 is 12.1 Å². The highest BCUT2D eigenvalue weighted by molar-refractivity contribution is 6.09. The lowest BCUT2D eigenvalue weighted by Gasteiger charge is -2.23. The van der Waals surface area contributed by atoms with Crippen molar-refractivity contribution in [1.82, 2.24) is 15.3 Å². The van der Waals surface area contributed by atoms with Crippen LogP contribution >= 0.6 is 0 Å². The van der Waals surface area contributed by atoms with Gasteiger partial charge in [-0.2, -0.15) is 13.2 Å². The molecule has 0 aliphatic carbocycles. The minimum atomic E-state index is -5.08. The van der Waals surface area contributed by atoms with Crippen molar-refractivity contribution >= 4 is 40.1 Å². The summed E-state index contributed by atoms with van der Waals surface area (Å²) in [7, 11) is 0. The molecule has 5 N–H and O–H groups in total. The number of aryl methyl sites for hydroxylation is 1. The lowest BCUT2D eigenvalue weighted by molar-refractivity contribution is -0.192. The van der Waals surface area contributed by atoms with E-state index < -0.39 is 18.1 Å². The Labute approximate surface area is 225 Å². The van der Waals surface area contributed by atoms with Crippen molar-refractivity contribution in [2.24, 2.45) is 5.73 Å². The molecule has 2 aromatic heterocycles. The van der Waals surface area contributed by atoms with Crippen LogP contribution in [0.2, 0.25) is 0 Å². The molecule has 14 heteroatoms. The maximum Gasteiger partial charge on any atom is 0.490 e. The van der Waals surface area contributed by atoms with Crippen molar-refractivity contribution in [2.75, 3.05) is 25.1 Å². The summed E-state index contributed by atoms with van der Waals surface area (Å²) in [4.78, 5) is 43.0. The van der Waals surface area contributed by atoms with Gasteiger partial charge in [0.25, 0.3) is 11.8 Å². The number of fused-ring (bicyclic) bond motifs is 2. The zero-order chi connectivity index (χ0) is 29.0. The monoisotopic (exact) mass is 561 g/mol. The van der Waals surface area contributed by atoms with Crippen molar-refractivity contribution in [1.29, 1.82) is 0 Å². The number of carbonyl (C=O) groups is 3. The van der Waals surface area contributed by atoms with Crippen molar-refractivity contribution < 1.29 is 42.1 Å². The van der Waals surface area contributed by atoms with Crippen molar-refractivity contribution in [3.05, 3.63) is 53.0 Å². The summed E-state index contributed by atoms with van der Waals surface area (Å²) in [5.74, 6) is -2.85. The molecule has 11 nitrogen and oxygen atoms in total. The van der Waals surface area contributed by atoms with E-state index in [0.717, 1.165) is 36.3 Å². The fourth-order valence-corrected chi connectivity index (χ4v) is 4.38. The molecule has 0 spiro atoms. The quantitative estimate of drug-likeness (QED) is 0.366. The molecule has 2 amide bonds. The molecule has 1 unspecified atom stereocenters. The Bertz CT molecular complexity index is 1460. The van der Waals surface area contributed by atoms with Gasteiger partial charge in [-0.1, -0.05) is 6.07 Å². The normalized spacial score (nSPS) is 16.2. The van der Waals surface area contributed by atoms with Gasteiger partial charge in [-0.25, -0.2) is 9.78 Å². The minimum absolute atomic E-state index is 0.0522. The molecule has 1 atom stereocenters. The second kappa shape index (κ2) is 11.7. The van der Waals surface area contributed by atoms with Crippen LogP contribution in [0.4, 0.5) is 24.5 Å². The van der Waals surface area contributed by atoms with Gasteiger partial charge in [0.1, 0.15) is 11.4 Å². The zero-order valence-corrected chi connectivity index (χ0v) is 21.3. The topological polar surface area (TPSA) is 166 Å². The first-order valence-electron chi connectivity index (χ1n) is 12.3. The number of benzene rings is 1. The van der Waals surface area contributed by atoms with Gasteiger partial charge in [0.05, 0.1) is 41.7 Å². The first-order valence-corrected chi connectivity index (χ1v) is 12.3. The number of alkyl halides is 3. The lowest BCUT2D eigenvalue weighted by atomic mass is 10.0. The molecule has 2 aliphatic heterocycles. The number of pyridine rings is 2. The maximum absolute atomic E-state index is 13.0. The van der Waals surface area contributed by atoms with Crippen LogP contribution in [0.5, 0.6) is 5.75 Å². The van der Waals surface area contributed by atoms with Crippen LogP contribution in [0.25, 0.3) is 10.9 Å². The predicted molar refractivity (Wildman–Crippen MR) is 137 cm³/mol. The Morgan fingerprint density at radius 1 is 1.20 bits per heavy atom. The number of aromatic nitrogens is 2. The minimum Gasteiger partial charge on any atom is -0.493 e. The maximum atomic E-state index is 13.0. The summed E-state index contributed by atoms with van der Waals surface area (Å²) in [6, 6.07) is 7.33. The standard InChI is InChI=1S/C24H25N5O4.C2HF3O2/c1-13-21-16(10-19(27-13)24(31)28-14-4-3-8-32-12-14)22(17(11-26-21)23(25)30)29-18-5-2-6-20-15(18)7-9-33-20;3-2(4,5)1(6)7/h2,5-6,10-11,14H,3-4,7-9,12H2,1H3,(H2,25,30)(H,26,29)(H,28,31);(H,6,7). The van der Waals surface area contributed by atoms with Crippen LogP contribution in [0, 0.1) is 6.92 Å². The number of aliphatic carboxylic acids is 1. The number of hydrogen-bond acceptors (Lipinski definition) is 8. The van der Waals surface area contributed by atoms with E-state index in [9.17, 15) is 22.8 Å². The largest absolute Gasteiger partial charge is 0.493 e. The molecule has 4 heterocycles. The van der Waals surface area contributed by atoms with Gasteiger partial charge < -0.3 is 30.9 Å². The number of rotatable bonds is 5. The average Bonchev–Trinajstić information content (AvgIpc) is 3.39. The van der Waals surface area contributed by atoms with Crippen molar-refractivity contribution in [2.45, 2.75) is 38.4 Å². The number of halogens is 3. The molecule has 2 aliphatic rings. The van der Waals surface area contributed by atoms with Crippen LogP contribution in [0.3, 0.4) is 0 Å². The fraction of sp³-hybridized carbons (Fsp3) is 0.346. The number of nitrogens with one attached hydrogen (secondary N) is 2. The molecule has 40 heavy (non-hydrogen) atoms. The van der Waals surface area contributed by atoms with Crippen LogP contribution in [-0.2, 0) is 16.0 Å². The molecule has 0 radical (unpaired) electrons. The third kappa shape index (κ3) is 6.39. The van der Waals surface area contributed by atoms with E-state index in [1.165, 1.54) is 6.20 Å². The van der Waals surface area contributed by atoms with E-state index in [4.69, 9.17) is 25.1 Å². The Hall–Kier alpha value is -4.46. The summed E-state index contributed by atoms with van der Waals surface area (Å²) in [6.45, 7) is 3.59. The van der Waals surface area contributed by atoms with Gasteiger partial charge in [-0.05, 0) is 38.0 Å². The number of nitrogens with zero attached hydrogens (tertiary/aromatic N) is 2. The van der Waals surface area contributed by atoms with Crippen LogP contribution in [0.1, 0.15) is 44.9 Å². The Morgan fingerprint density at radius 2 is 1.95 bits per heavy atom. The van der Waals surface area contributed by atoms with E-state index in [1.807, 2.05) is 18.2 Å². The summed E-state index contributed by atoms with van der Waals surface area (Å²) < 4.78 is 42.9. The molecule has 1 saturated heterocycles. The van der Waals surface area contributed by atoms with E-state index in [0.29, 0.717) is 42.1 Å². The SMILES string of the molecule is Cc1nc(C(=O)NC2CCCOC2)cc2c(Nc3cccc4c3CCO4)c(C(N)=O)cnc12.O=C(O)C(F)(F)F. The van der Waals surface area contributed by atoms with Gasteiger partial charge in [0, 0.05) is 35.9 Å². The van der Waals surface area contributed by atoms with E-state index in [-0.39, 0.29) is 23.2 Å². The number of anilines is 2. The average molecular weight is 562 g/mol. The first kappa shape index (κ1) is 28.5. The third-order valence-electron chi connectivity index (χ3n) is 6.27. The van der Waals surface area contributed by atoms with E-state index in [2.05, 4.69) is 20.6 Å². The number of carboxylic acid groups (broad SMARTS) is 1. The zero-order valence-electron chi connectivity index (χ0n) is 21.3. The Morgan fingerprint density at radius 3 is 2.60 bits per heavy atom. The van der Waals surface area contributed by atoms with E-state index >= 15 is 0 Å². The fourth-order valence-electron chi connectivity index (χ4n) is 4.38. The molecule has 212 valence electrons. The second-order valence-electron chi connectivity index (χ2n) is 9.10. The Balaban J connectivity index is 0.000000470. The number of ether oxygens (including phenoxy) is 2. The highest BCUT2D eigenvalue weighted by Gasteiger charge is 2.38. The van der Waals surface area contributed by atoms with Gasteiger partial charge in [-0.3, -0.25) is 14.6 Å². The van der Waals surface area contributed by atoms with Gasteiger partial charge in [0.15, 0.2) is 0 Å². The number of primary amides is 1. The summed E-state index contributed by atoms with van der Waals surface area (Å²) in [6.07, 6.45) is -1.12. The van der Waals surface area contributed by atoms with E-state index in [1.54, 1.807) is 13.0 Å². The molecule has 1 fully saturated rings. The van der Waals surface area contributed by atoms with Crippen LogP contribution < -0.4 is 21.1 Å². The summed E-state index contributed by atoms with van der Waals surface area (Å²) in [5.41, 5.74) is 9.67. The number of carboxylic acids is 1. The lowest BCUT2D eigenvalue weighted by Crippen LogP contribution is -2.41. The molecule has 0 saturated carbocycles.